The van der Waals surface area contributed by atoms with Gasteiger partial charge in [0, 0.05) is 49.5 Å². The monoisotopic (exact) mass is 676 g/mol. The van der Waals surface area contributed by atoms with E-state index in [2.05, 4.69) is 29.4 Å². The van der Waals surface area contributed by atoms with Crippen LogP contribution in [0.1, 0.15) is 80.4 Å². The van der Waals surface area contributed by atoms with Gasteiger partial charge in [0.05, 0.1) is 11.7 Å². The van der Waals surface area contributed by atoms with Gasteiger partial charge in [-0.2, -0.15) is 0 Å². The van der Waals surface area contributed by atoms with E-state index in [4.69, 9.17) is 4.74 Å². The van der Waals surface area contributed by atoms with Crippen LogP contribution in [0.2, 0.25) is 0 Å². The van der Waals surface area contributed by atoms with Gasteiger partial charge in [0.1, 0.15) is 29.7 Å². The molecule has 264 valence electrons. The maximum absolute atomic E-state index is 14.4. The molecule has 2 aliphatic rings. The Morgan fingerprint density at radius 1 is 1.06 bits per heavy atom. The van der Waals surface area contributed by atoms with Crippen molar-refractivity contribution in [1.82, 2.24) is 20.4 Å². The maximum Gasteiger partial charge on any atom is 0.410 e. The number of benzene rings is 3. The van der Waals surface area contributed by atoms with Crippen molar-refractivity contribution < 1.29 is 28.2 Å². The lowest BCUT2D eigenvalue weighted by Gasteiger charge is -2.42. The highest BCUT2D eigenvalue weighted by Crippen LogP contribution is 2.34. The Morgan fingerprint density at radius 3 is 2.41 bits per heavy atom. The van der Waals surface area contributed by atoms with Crippen molar-refractivity contribution in [3.05, 3.63) is 113 Å². The van der Waals surface area contributed by atoms with Gasteiger partial charge in [-0.15, -0.1) is 0 Å². The molecule has 0 saturated carbocycles. The van der Waals surface area contributed by atoms with E-state index in [1.165, 1.54) is 6.07 Å². The van der Waals surface area contributed by atoms with Gasteiger partial charge in [-0.3, -0.25) is 4.79 Å². The predicted octanol–water partition coefficient (Wildman–Crippen LogP) is 6.91. The zero-order valence-electron chi connectivity index (χ0n) is 29.4. The Balaban J connectivity index is 0.000000237. The molecule has 49 heavy (non-hydrogen) atoms. The number of likely N-dealkylation sites (N-methyl/N-ethyl adjacent to an activating group) is 1. The highest BCUT2D eigenvalue weighted by atomic mass is 19.1. The second-order valence-corrected chi connectivity index (χ2v) is 14.3. The molecular weight excluding hydrogens is 626 g/mol. The first-order valence-corrected chi connectivity index (χ1v) is 16.8. The number of hydrogen-bond acceptors (Lipinski definition) is 7. The van der Waals surface area contributed by atoms with Gasteiger partial charge in [0.25, 0.3) is 0 Å². The molecule has 1 saturated heterocycles. The van der Waals surface area contributed by atoms with E-state index in [-0.39, 0.29) is 41.8 Å². The van der Waals surface area contributed by atoms with Crippen molar-refractivity contribution in [1.29, 1.82) is 0 Å². The lowest BCUT2D eigenvalue weighted by atomic mass is 9.79. The average molecular weight is 677 g/mol. The Labute approximate surface area is 289 Å². The molecule has 2 aliphatic heterocycles. The lowest BCUT2D eigenvalue weighted by molar-refractivity contribution is 0.0292. The number of halogens is 2. The van der Waals surface area contributed by atoms with Crippen LogP contribution in [-0.4, -0.2) is 71.8 Å². The zero-order chi connectivity index (χ0) is 35.8. The molecule has 3 aromatic carbocycles. The topological polar surface area (TPSA) is 94.1 Å². The second kappa shape index (κ2) is 16.4. The van der Waals surface area contributed by atoms with E-state index in [0.717, 1.165) is 36.0 Å². The Morgan fingerprint density at radius 2 is 1.76 bits per heavy atom. The molecule has 3 aromatic rings. The van der Waals surface area contributed by atoms with Crippen LogP contribution in [0.5, 0.6) is 0 Å². The number of carbonyl (C=O) groups is 2. The second-order valence-electron chi connectivity index (χ2n) is 14.3. The minimum Gasteiger partial charge on any atom is -0.444 e. The van der Waals surface area contributed by atoms with E-state index < -0.39 is 17.2 Å². The molecule has 10 heteroatoms. The van der Waals surface area contributed by atoms with Crippen LogP contribution in [-0.2, 0) is 11.3 Å². The standard InChI is InChI=1S/C23H29F2N3O.C16H21NO3/c1-23(2,11-12-29)21(26-3)22-27-20(18-13-17(24)9-10-19(18)25)15-28(22)14-16-7-5-4-6-8-16;1-16(2,3)20-15(19)17-9-8-12(10-17)14-7-5-4-6-13(14)11-18/h4-10,13,15,21-22,26-27,29H,11-12,14H2,1-3H3;4-7,11-12H,8-10H2,1-3H3. The third-order valence-electron chi connectivity index (χ3n) is 9.01. The third kappa shape index (κ3) is 9.89. The fraction of sp³-hybridized carbons (Fsp3) is 0.436. The molecule has 0 aromatic heterocycles. The van der Waals surface area contributed by atoms with E-state index in [1.54, 1.807) is 4.90 Å². The number of aldehydes is 1. The lowest BCUT2D eigenvalue weighted by Crippen LogP contribution is -2.57. The number of aliphatic hydroxyl groups is 1. The van der Waals surface area contributed by atoms with Crippen molar-refractivity contribution in [3.63, 3.8) is 0 Å². The van der Waals surface area contributed by atoms with Crippen LogP contribution in [0.3, 0.4) is 0 Å². The van der Waals surface area contributed by atoms with Crippen molar-refractivity contribution in [2.24, 2.45) is 5.41 Å². The summed E-state index contributed by atoms with van der Waals surface area (Å²) in [4.78, 5) is 26.9. The molecule has 0 spiro atoms. The summed E-state index contributed by atoms with van der Waals surface area (Å²) in [5.74, 6) is -0.738. The minimum atomic E-state index is -0.479. The van der Waals surface area contributed by atoms with Gasteiger partial charge >= 0.3 is 6.09 Å². The normalized spacial score (nSPS) is 18.3. The van der Waals surface area contributed by atoms with E-state index in [1.807, 2.05) is 88.6 Å². The SMILES string of the molecule is CC(C)(C)OC(=O)N1CCC(c2ccccc2C=O)C1.CNC(C1NC(c2cc(F)ccc2F)=CN1Cc1ccccc1)C(C)(C)CCO. The fourth-order valence-electron chi connectivity index (χ4n) is 6.51. The fourth-order valence-corrected chi connectivity index (χ4v) is 6.51. The first-order valence-electron chi connectivity index (χ1n) is 16.8. The summed E-state index contributed by atoms with van der Waals surface area (Å²) in [6.45, 7) is 11.7. The van der Waals surface area contributed by atoms with Crippen LogP contribution in [0.15, 0.2) is 79.0 Å². The quantitative estimate of drug-likeness (QED) is 0.201. The van der Waals surface area contributed by atoms with Crippen molar-refractivity contribution in [3.8, 4) is 0 Å². The first-order chi connectivity index (χ1) is 23.3. The number of aliphatic hydroxyl groups excluding tert-OH is 1. The highest BCUT2D eigenvalue weighted by molar-refractivity contribution is 5.78. The van der Waals surface area contributed by atoms with Gasteiger partial charge in [0.2, 0.25) is 0 Å². The van der Waals surface area contributed by atoms with Gasteiger partial charge in [-0.1, -0.05) is 68.4 Å². The van der Waals surface area contributed by atoms with Crippen molar-refractivity contribution in [2.45, 2.75) is 77.7 Å². The Hall–Kier alpha value is -4.28. The number of nitrogens with zero attached hydrogens (tertiary/aromatic N) is 2. The Kier molecular flexibility index (Phi) is 12.6. The molecule has 1 fully saturated rings. The molecular formula is C39H50F2N4O4. The van der Waals surface area contributed by atoms with Crippen LogP contribution < -0.4 is 10.6 Å². The zero-order valence-corrected chi connectivity index (χ0v) is 29.4. The number of nitrogens with one attached hydrogen (secondary N) is 2. The summed E-state index contributed by atoms with van der Waals surface area (Å²) in [6.07, 6.45) is 3.74. The molecule has 3 unspecified atom stereocenters. The summed E-state index contributed by atoms with van der Waals surface area (Å²) in [7, 11) is 1.88. The third-order valence-corrected chi connectivity index (χ3v) is 9.01. The summed E-state index contributed by atoms with van der Waals surface area (Å²) in [5.41, 5.74) is 2.89. The number of likely N-dealkylation sites (tertiary alicyclic amines) is 1. The molecule has 0 bridgehead atoms. The van der Waals surface area contributed by atoms with Crippen LogP contribution in [0.4, 0.5) is 13.6 Å². The van der Waals surface area contributed by atoms with Crippen LogP contribution in [0.25, 0.3) is 5.70 Å². The van der Waals surface area contributed by atoms with Gasteiger partial charge < -0.3 is 30.3 Å². The summed E-state index contributed by atoms with van der Waals surface area (Å²) >= 11 is 0. The van der Waals surface area contributed by atoms with E-state index in [0.29, 0.717) is 37.3 Å². The number of carbonyl (C=O) groups excluding carboxylic acids is 2. The minimum absolute atomic E-state index is 0.0521. The Bertz CT molecular complexity index is 1590. The molecule has 0 radical (unpaired) electrons. The van der Waals surface area contributed by atoms with Gasteiger partial charge in [-0.25, -0.2) is 13.6 Å². The largest absolute Gasteiger partial charge is 0.444 e. The predicted molar refractivity (Wildman–Crippen MR) is 189 cm³/mol. The van der Waals surface area contributed by atoms with Crippen LogP contribution >= 0.6 is 0 Å². The summed E-state index contributed by atoms with van der Waals surface area (Å²) < 4.78 is 33.6. The molecule has 2 heterocycles. The van der Waals surface area contributed by atoms with Crippen molar-refractivity contribution in [2.75, 3.05) is 26.7 Å². The van der Waals surface area contributed by atoms with Gasteiger partial charge in [-0.05, 0) is 75.4 Å². The summed E-state index contributed by atoms with van der Waals surface area (Å²) in [6, 6.07) is 21.0. The number of amides is 1. The molecule has 5 rings (SSSR count). The smallest absolute Gasteiger partial charge is 0.410 e. The maximum atomic E-state index is 14.4. The van der Waals surface area contributed by atoms with Gasteiger partial charge in [0.15, 0.2) is 0 Å². The first kappa shape index (κ1) is 37.5. The average Bonchev–Trinajstić information content (AvgIpc) is 3.71. The highest BCUT2D eigenvalue weighted by Gasteiger charge is 2.40. The van der Waals surface area contributed by atoms with E-state index >= 15 is 0 Å². The number of rotatable bonds is 10. The molecule has 1 amide bonds. The number of ether oxygens (including phenoxy) is 1. The number of hydrogen-bond donors (Lipinski definition) is 3. The summed E-state index contributed by atoms with van der Waals surface area (Å²) in [5, 5.41) is 16.3. The molecule has 8 nitrogen and oxygen atoms in total. The van der Waals surface area contributed by atoms with Crippen molar-refractivity contribution >= 4 is 18.1 Å². The molecule has 0 aliphatic carbocycles. The van der Waals surface area contributed by atoms with Crippen LogP contribution in [0, 0.1) is 17.0 Å². The molecule has 3 N–H and O–H groups in total. The van der Waals surface area contributed by atoms with E-state index in [9.17, 15) is 23.5 Å². The molecule has 3 atom stereocenters.